The van der Waals surface area contributed by atoms with Gasteiger partial charge in [0.25, 0.3) is 11.8 Å². The molecule has 0 unspecified atom stereocenters. The minimum Gasteiger partial charge on any atom is -0.347 e. The molecule has 0 radical (unpaired) electrons. The first-order chi connectivity index (χ1) is 12.1. The molecule has 0 aromatic carbocycles. The molecule has 7 nitrogen and oxygen atoms in total. The third-order valence-electron chi connectivity index (χ3n) is 4.23. The minimum absolute atomic E-state index is 0.0568. The van der Waals surface area contributed by atoms with E-state index in [4.69, 9.17) is 0 Å². The molecule has 7 heteroatoms. The maximum atomic E-state index is 12.6. The number of hydrogen-bond donors (Lipinski definition) is 1. The van der Waals surface area contributed by atoms with Gasteiger partial charge in [0.2, 0.25) is 0 Å². The lowest BCUT2D eigenvalue weighted by Gasteiger charge is -2.32. The van der Waals surface area contributed by atoms with Gasteiger partial charge in [0, 0.05) is 56.9 Å². The van der Waals surface area contributed by atoms with Crippen molar-refractivity contribution in [3.8, 4) is 0 Å². The van der Waals surface area contributed by atoms with E-state index in [1.165, 1.54) is 6.20 Å². The van der Waals surface area contributed by atoms with Gasteiger partial charge in [-0.1, -0.05) is 0 Å². The van der Waals surface area contributed by atoms with E-state index in [1.807, 2.05) is 24.1 Å². The first-order valence-corrected chi connectivity index (χ1v) is 8.24. The molecule has 0 aliphatic carbocycles. The molecule has 1 N–H and O–H groups in total. The van der Waals surface area contributed by atoms with Gasteiger partial charge in [-0.05, 0) is 36.9 Å². The van der Waals surface area contributed by atoms with Crippen molar-refractivity contribution in [2.24, 2.45) is 0 Å². The summed E-state index contributed by atoms with van der Waals surface area (Å²) in [5, 5.41) is 2.81. The standard InChI is InChI=1S/C18H21N5O2/c1-22-8-10-23(11-9-22)18(25)15-4-7-20-16(12-15)17(24)21-13-14-2-5-19-6-3-14/h2-7,12H,8-11,13H2,1H3,(H,21,24). The first-order valence-electron chi connectivity index (χ1n) is 8.24. The van der Waals surface area contributed by atoms with Crippen LogP contribution in [0.5, 0.6) is 0 Å². The second-order valence-corrected chi connectivity index (χ2v) is 6.06. The van der Waals surface area contributed by atoms with E-state index in [0.717, 1.165) is 18.7 Å². The fraction of sp³-hybridized carbons (Fsp3) is 0.333. The van der Waals surface area contributed by atoms with Crippen molar-refractivity contribution in [3.05, 3.63) is 59.7 Å². The summed E-state index contributed by atoms with van der Waals surface area (Å²) in [6.07, 6.45) is 4.86. The molecule has 2 aromatic rings. The van der Waals surface area contributed by atoms with Gasteiger partial charge < -0.3 is 15.1 Å². The third kappa shape index (κ3) is 4.39. The van der Waals surface area contributed by atoms with Gasteiger partial charge in [-0.3, -0.25) is 19.6 Å². The summed E-state index contributed by atoms with van der Waals surface area (Å²) in [6.45, 7) is 3.49. The van der Waals surface area contributed by atoms with Crippen LogP contribution in [0.25, 0.3) is 0 Å². The lowest BCUT2D eigenvalue weighted by Crippen LogP contribution is -2.47. The van der Waals surface area contributed by atoms with E-state index >= 15 is 0 Å². The van der Waals surface area contributed by atoms with Crippen molar-refractivity contribution < 1.29 is 9.59 Å². The molecule has 25 heavy (non-hydrogen) atoms. The van der Waals surface area contributed by atoms with Crippen LogP contribution in [0.2, 0.25) is 0 Å². The molecule has 2 aromatic heterocycles. The Morgan fingerprint density at radius 2 is 1.80 bits per heavy atom. The Balaban J connectivity index is 1.64. The average Bonchev–Trinajstić information content (AvgIpc) is 2.67. The van der Waals surface area contributed by atoms with E-state index in [1.54, 1.807) is 24.5 Å². The number of nitrogens with zero attached hydrogens (tertiary/aromatic N) is 4. The number of pyridine rings is 2. The van der Waals surface area contributed by atoms with E-state index in [2.05, 4.69) is 20.2 Å². The Morgan fingerprint density at radius 3 is 2.52 bits per heavy atom. The smallest absolute Gasteiger partial charge is 0.270 e. The van der Waals surface area contributed by atoms with Crippen molar-refractivity contribution in [3.63, 3.8) is 0 Å². The van der Waals surface area contributed by atoms with Crippen LogP contribution in [-0.4, -0.2) is 64.8 Å². The quantitative estimate of drug-likeness (QED) is 0.891. The summed E-state index contributed by atoms with van der Waals surface area (Å²) >= 11 is 0. The zero-order valence-electron chi connectivity index (χ0n) is 14.2. The SMILES string of the molecule is CN1CCN(C(=O)c2ccnc(C(=O)NCc3ccncc3)c2)CC1. The van der Waals surface area contributed by atoms with Crippen molar-refractivity contribution in [1.82, 2.24) is 25.1 Å². The fourth-order valence-corrected chi connectivity index (χ4v) is 2.65. The number of rotatable bonds is 4. The zero-order valence-corrected chi connectivity index (χ0v) is 14.2. The van der Waals surface area contributed by atoms with Gasteiger partial charge in [0.1, 0.15) is 5.69 Å². The minimum atomic E-state index is -0.301. The molecule has 3 rings (SSSR count). The Kier molecular flexibility index (Phi) is 5.35. The van der Waals surface area contributed by atoms with Gasteiger partial charge in [-0.15, -0.1) is 0 Å². The molecular formula is C18H21N5O2. The Bertz CT molecular complexity index is 742. The van der Waals surface area contributed by atoms with Crippen LogP contribution < -0.4 is 5.32 Å². The number of aromatic nitrogens is 2. The monoisotopic (exact) mass is 339 g/mol. The van der Waals surface area contributed by atoms with Crippen LogP contribution in [0.1, 0.15) is 26.4 Å². The number of carbonyl (C=O) groups excluding carboxylic acids is 2. The zero-order chi connectivity index (χ0) is 17.6. The molecular weight excluding hydrogens is 318 g/mol. The van der Waals surface area contributed by atoms with Crippen LogP contribution in [0, 0.1) is 0 Å². The first kappa shape index (κ1) is 17.0. The lowest BCUT2D eigenvalue weighted by atomic mass is 10.1. The summed E-state index contributed by atoms with van der Waals surface area (Å²) in [6, 6.07) is 6.88. The molecule has 130 valence electrons. The van der Waals surface area contributed by atoms with E-state index < -0.39 is 0 Å². The molecule has 1 aliphatic heterocycles. The Hall–Kier alpha value is -2.80. The van der Waals surface area contributed by atoms with E-state index in [0.29, 0.717) is 25.2 Å². The Morgan fingerprint density at radius 1 is 1.08 bits per heavy atom. The van der Waals surface area contributed by atoms with E-state index in [-0.39, 0.29) is 17.5 Å². The highest BCUT2D eigenvalue weighted by Crippen LogP contribution is 2.09. The van der Waals surface area contributed by atoms with Crippen molar-refractivity contribution in [1.29, 1.82) is 0 Å². The van der Waals surface area contributed by atoms with Crippen LogP contribution in [0.15, 0.2) is 42.9 Å². The number of amides is 2. The number of hydrogen-bond acceptors (Lipinski definition) is 5. The summed E-state index contributed by atoms with van der Waals surface area (Å²) in [5.41, 5.74) is 1.69. The van der Waals surface area contributed by atoms with Crippen molar-refractivity contribution in [2.45, 2.75) is 6.54 Å². The summed E-state index contributed by atoms with van der Waals surface area (Å²) < 4.78 is 0. The second kappa shape index (κ2) is 7.85. The summed E-state index contributed by atoms with van der Waals surface area (Å²) in [7, 11) is 2.04. The number of carbonyl (C=O) groups is 2. The highest BCUT2D eigenvalue weighted by molar-refractivity contribution is 5.98. The Labute approximate surface area is 146 Å². The van der Waals surface area contributed by atoms with Gasteiger partial charge in [-0.2, -0.15) is 0 Å². The number of nitrogens with one attached hydrogen (secondary N) is 1. The molecule has 3 heterocycles. The molecule has 1 aliphatic rings. The maximum absolute atomic E-state index is 12.6. The highest BCUT2D eigenvalue weighted by atomic mass is 16.2. The van der Waals surface area contributed by atoms with Crippen molar-refractivity contribution in [2.75, 3.05) is 33.2 Å². The van der Waals surface area contributed by atoms with Gasteiger partial charge >= 0.3 is 0 Å². The average molecular weight is 339 g/mol. The molecule has 0 spiro atoms. The predicted molar refractivity (Wildman–Crippen MR) is 93.0 cm³/mol. The predicted octanol–water partition coefficient (Wildman–Crippen LogP) is 0.794. The number of likely N-dealkylation sites (N-methyl/N-ethyl adjacent to an activating group) is 1. The van der Waals surface area contributed by atoms with E-state index in [9.17, 15) is 9.59 Å². The third-order valence-corrected chi connectivity index (χ3v) is 4.23. The van der Waals surface area contributed by atoms with Crippen LogP contribution in [0.4, 0.5) is 0 Å². The second-order valence-electron chi connectivity index (χ2n) is 6.06. The van der Waals surface area contributed by atoms with Crippen LogP contribution >= 0.6 is 0 Å². The topological polar surface area (TPSA) is 78.4 Å². The molecule has 1 saturated heterocycles. The lowest BCUT2D eigenvalue weighted by molar-refractivity contribution is 0.0664. The van der Waals surface area contributed by atoms with Gasteiger partial charge in [0.15, 0.2) is 0 Å². The van der Waals surface area contributed by atoms with Crippen LogP contribution in [-0.2, 0) is 6.54 Å². The summed E-state index contributed by atoms with van der Waals surface area (Å²) in [4.78, 5) is 36.9. The van der Waals surface area contributed by atoms with Gasteiger partial charge in [0.05, 0.1) is 0 Å². The summed E-state index contributed by atoms with van der Waals surface area (Å²) in [5.74, 6) is -0.358. The van der Waals surface area contributed by atoms with Crippen molar-refractivity contribution >= 4 is 11.8 Å². The highest BCUT2D eigenvalue weighted by Gasteiger charge is 2.21. The maximum Gasteiger partial charge on any atom is 0.270 e. The largest absolute Gasteiger partial charge is 0.347 e. The molecule has 1 fully saturated rings. The molecule has 0 atom stereocenters. The molecule has 2 amide bonds. The molecule has 0 bridgehead atoms. The molecule has 0 saturated carbocycles. The fourth-order valence-electron chi connectivity index (χ4n) is 2.65. The van der Waals surface area contributed by atoms with Gasteiger partial charge in [-0.25, -0.2) is 0 Å². The normalized spacial score (nSPS) is 15.0. The van der Waals surface area contributed by atoms with Crippen LogP contribution in [0.3, 0.4) is 0 Å². The number of piperazine rings is 1.